The van der Waals surface area contributed by atoms with Crippen LogP contribution in [0.15, 0.2) is 33.9 Å². The van der Waals surface area contributed by atoms with Gasteiger partial charge in [-0.05, 0) is 64.2 Å². The first-order valence-electron chi connectivity index (χ1n) is 11.8. The lowest BCUT2D eigenvalue weighted by atomic mass is 10.1. The minimum absolute atomic E-state index is 0.0827. The third-order valence-electron chi connectivity index (χ3n) is 5.27. The molecule has 0 aliphatic rings. The Kier molecular flexibility index (Phi) is 10.1. The van der Waals surface area contributed by atoms with E-state index in [1.54, 1.807) is 26.8 Å². The number of rotatable bonds is 13. The van der Waals surface area contributed by atoms with Crippen molar-refractivity contribution in [1.29, 1.82) is 0 Å². The standard InChI is InChI=1S/C24H33F3N4O5/c1-5-35-21(33)23(2,3)36-18-12-8-11-17(16-18)10-6-7-14-28-19-20(32)31(22(34)30(4)29-19)15-9-13-24(25,26)27/h8,11-12,16H,5-7,9-10,13-15H2,1-4H3,(H,28,29). The van der Waals surface area contributed by atoms with Gasteiger partial charge in [0.05, 0.1) is 6.61 Å². The number of hydrogen-bond acceptors (Lipinski definition) is 7. The molecule has 0 aliphatic heterocycles. The monoisotopic (exact) mass is 514 g/mol. The highest BCUT2D eigenvalue weighted by Gasteiger charge is 2.31. The van der Waals surface area contributed by atoms with E-state index in [-0.39, 0.29) is 25.4 Å². The van der Waals surface area contributed by atoms with Crippen LogP contribution in [0, 0.1) is 0 Å². The van der Waals surface area contributed by atoms with Gasteiger partial charge in [0, 0.05) is 26.6 Å². The van der Waals surface area contributed by atoms with Gasteiger partial charge >= 0.3 is 17.8 Å². The van der Waals surface area contributed by atoms with Crippen LogP contribution in [0.25, 0.3) is 0 Å². The van der Waals surface area contributed by atoms with Crippen LogP contribution in [0.5, 0.6) is 5.75 Å². The second kappa shape index (κ2) is 12.6. The lowest BCUT2D eigenvalue weighted by Gasteiger charge is -2.24. The Morgan fingerprint density at radius 3 is 2.53 bits per heavy atom. The number of aromatic nitrogens is 3. The minimum Gasteiger partial charge on any atom is -0.476 e. The number of hydrogen-bond donors (Lipinski definition) is 1. The zero-order valence-electron chi connectivity index (χ0n) is 21.0. The zero-order valence-corrected chi connectivity index (χ0v) is 21.0. The molecule has 0 saturated heterocycles. The summed E-state index contributed by atoms with van der Waals surface area (Å²) in [5, 5.41) is 6.78. The molecule has 0 spiro atoms. The van der Waals surface area contributed by atoms with E-state index < -0.39 is 35.4 Å². The van der Waals surface area contributed by atoms with E-state index in [0.29, 0.717) is 25.1 Å². The quantitative estimate of drug-likeness (QED) is 0.323. The first-order chi connectivity index (χ1) is 16.8. The molecule has 2 rings (SSSR count). The van der Waals surface area contributed by atoms with E-state index in [9.17, 15) is 27.6 Å². The van der Waals surface area contributed by atoms with Crippen LogP contribution in [0.2, 0.25) is 0 Å². The smallest absolute Gasteiger partial charge is 0.389 e. The van der Waals surface area contributed by atoms with E-state index in [0.717, 1.165) is 21.2 Å². The first-order valence-corrected chi connectivity index (χ1v) is 11.8. The SMILES string of the molecule is CCOC(=O)C(C)(C)Oc1cccc(CCCCNc2nn(C)c(=O)n(CCCC(F)(F)F)c2=O)c1. The molecule has 2 aromatic rings. The summed E-state index contributed by atoms with van der Waals surface area (Å²) in [7, 11) is 1.34. The highest BCUT2D eigenvalue weighted by atomic mass is 19.4. The van der Waals surface area contributed by atoms with E-state index in [1.165, 1.54) is 7.05 Å². The van der Waals surface area contributed by atoms with Crippen molar-refractivity contribution in [3.63, 3.8) is 0 Å². The number of anilines is 1. The number of carbonyl (C=O) groups excluding carboxylic acids is 1. The molecule has 1 aromatic carbocycles. The molecule has 36 heavy (non-hydrogen) atoms. The first kappa shape index (κ1) is 28.9. The fourth-order valence-electron chi connectivity index (χ4n) is 3.44. The van der Waals surface area contributed by atoms with E-state index >= 15 is 0 Å². The topological polar surface area (TPSA) is 104 Å². The molecule has 0 atom stereocenters. The zero-order chi connectivity index (χ0) is 26.9. The van der Waals surface area contributed by atoms with Crippen LogP contribution in [-0.4, -0.2) is 45.2 Å². The molecule has 200 valence electrons. The van der Waals surface area contributed by atoms with Gasteiger partial charge in [-0.25, -0.2) is 14.3 Å². The molecule has 0 saturated carbocycles. The van der Waals surface area contributed by atoms with Gasteiger partial charge in [-0.15, -0.1) is 5.10 Å². The average Bonchev–Trinajstić information content (AvgIpc) is 2.78. The number of aryl methyl sites for hydroxylation is 2. The molecular weight excluding hydrogens is 481 g/mol. The third kappa shape index (κ3) is 8.72. The van der Waals surface area contributed by atoms with Crippen molar-refractivity contribution in [1.82, 2.24) is 14.3 Å². The van der Waals surface area contributed by atoms with Gasteiger partial charge in [-0.1, -0.05) is 12.1 Å². The molecule has 0 aliphatic carbocycles. The maximum absolute atomic E-state index is 12.5. The highest BCUT2D eigenvalue weighted by molar-refractivity contribution is 5.79. The van der Waals surface area contributed by atoms with E-state index in [4.69, 9.17) is 9.47 Å². The summed E-state index contributed by atoms with van der Waals surface area (Å²) in [5.41, 5.74) is -1.63. The number of nitrogens with zero attached hydrogens (tertiary/aromatic N) is 3. The van der Waals surface area contributed by atoms with E-state index in [2.05, 4.69) is 10.4 Å². The number of ether oxygens (including phenoxy) is 2. The van der Waals surface area contributed by atoms with Gasteiger partial charge < -0.3 is 14.8 Å². The van der Waals surface area contributed by atoms with Crippen molar-refractivity contribution < 1.29 is 27.4 Å². The number of esters is 1. The molecule has 0 unspecified atom stereocenters. The Bertz CT molecular complexity index is 1140. The van der Waals surface area contributed by atoms with Crippen molar-refractivity contribution in [2.24, 2.45) is 7.05 Å². The van der Waals surface area contributed by atoms with Crippen molar-refractivity contribution in [3.8, 4) is 5.75 Å². The molecule has 0 radical (unpaired) electrons. The number of benzene rings is 1. The second-order valence-corrected chi connectivity index (χ2v) is 8.79. The number of nitrogens with one attached hydrogen (secondary N) is 1. The van der Waals surface area contributed by atoms with Crippen LogP contribution in [0.3, 0.4) is 0 Å². The van der Waals surface area contributed by atoms with Gasteiger partial charge in [0.1, 0.15) is 5.75 Å². The predicted octanol–water partition coefficient (Wildman–Crippen LogP) is 3.44. The maximum Gasteiger partial charge on any atom is 0.389 e. The Hall–Kier alpha value is -3.31. The molecule has 1 aromatic heterocycles. The van der Waals surface area contributed by atoms with Crippen molar-refractivity contribution in [2.45, 2.75) is 71.2 Å². The largest absolute Gasteiger partial charge is 0.476 e. The van der Waals surface area contributed by atoms with Gasteiger partial charge in [0.25, 0.3) is 5.56 Å². The fourth-order valence-corrected chi connectivity index (χ4v) is 3.44. The van der Waals surface area contributed by atoms with E-state index in [1.807, 2.05) is 18.2 Å². The lowest BCUT2D eigenvalue weighted by molar-refractivity contribution is -0.158. The summed E-state index contributed by atoms with van der Waals surface area (Å²) >= 11 is 0. The summed E-state index contributed by atoms with van der Waals surface area (Å²) in [4.78, 5) is 36.7. The average molecular weight is 515 g/mol. The number of carbonyl (C=O) groups is 1. The lowest BCUT2D eigenvalue weighted by Crippen LogP contribution is -2.42. The Balaban J connectivity index is 1.90. The number of unbranched alkanes of at least 4 members (excludes halogenated alkanes) is 1. The van der Waals surface area contributed by atoms with Crippen LogP contribution in [-0.2, 0) is 29.5 Å². The Morgan fingerprint density at radius 1 is 1.14 bits per heavy atom. The van der Waals surface area contributed by atoms with Crippen molar-refractivity contribution in [3.05, 3.63) is 50.7 Å². The van der Waals surface area contributed by atoms with Gasteiger partial charge in [-0.3, -0.25) is 9.36 Å². The molecular formula is C24H33F3N4O5. The third-order valence-corrected chi connectivity index (χ3v) is 5.27. The molecule has 0 fully saturated rings. The second-order valence-electron chi connectivity index (χ2n) is 8.79. The summed E-state index contributed by atoms with van der Waals surface area (Å²) in [6.07, 6.45) is -3.68. The molecule has 1 N–H and O–H groups in total. The van der Waals surface area contributed by atoms with Gasteiger partial charge in [0.2, 0.25) is 5.82 Å². The molecule has 0 bridgehead atoms. The van der Waals surface area contributed by atoms with Crippen LogP contribution >= 0.6 is 0 Å². The fraction of sp³-hybridized carbons (Fsp3) is 0.583. The Labute approximate surface area is 207 Å². The Morgan fingerprint density at radius 2 is 1.86 bits per heavy atom. The molecule has 9 nitrogen and oxygen atoms in total. The minimum atomic E-state index is -4.36. The molecule has 1 heterocycles. The predicted molar refractivity (Wildman–Crippen MR) is 128 cm³/mol. The van der Waals surface area contributed by atoms with Crippen LogP contribution in [0.1, 0.15) is 52.0 Å². The number of halogens is 3. The van der Waals surface area contributed by atoms with Gasteiger partial charge in [0.15, 0.2) is 5.60 Å². The van der Waals surface area contributed by atoms with Crippen molar-refractivity contribution in [2.75, 3.05) is 18.5 Å². The summed E-state index contributed by atoms with van der Waals surface area (Å²) in [5.74, 6) is 0.0118. The van der Waals surface area contributed by atoms with Crippen LogP contribution < -0.4 is 21.3 Å². The summed E-state index contributed by atoms with van der Waals surface area (Å²) in [6.45, 7) is 5.32. The van der Waals surface area contributed by atoms with Gasteiger partial charge in [-0.2, -0.15) is 13.2 Å². The summed E-state index contributed by atoms with van der Waals surface area (Å²) in [6, 6.07) is 7.38. The highest BCUT2D eigenvalue weighted by Crippen LogP contribution is 2.22. The molecule has 12 heteroatoms. The normalized spacial score (nSPS) is 11.9. The van der Waals surface area contributed by atoms with Crippen molar-refractivity contribution >= 4 is 11.8 Å². The molecule has 0 amide bonds. The maximum atomic E-state index is 12.5. The number of alkyl halides is 3. The summed E-state index contributed by atoms with van der Waals surface area (Å²) < 4.78 is 49.8. The van der Waals surface area contributed by atoms with Crippen LogP contribution in [0.4, 0.5) is 19.0 Å².